The van der Waals surface area contributed by atoms with Gasteiger partial charge in [0.1, 0.15) is 18.0 Å². The van der Waals surface area contributed by atoms with E-state index in [2.05, 4.69) is 10.6 Å². The van der Waals surface area contributed by atoms with Crippen molar-refractivity contribution in [3.05, 3.63) is 42.5 Å². The molecule has 0 aliphatic carbocycles. The molecule has 2 aromatic rings. The standard InChI is InChI=1S/C20H23N3O5/c1-13(24)21-15-5-7-16(8-6-15)22-20(26)12-23(14(2)25)18-10-9-17(27-3)11-19(18)28-4/h5-11H,12H2,1-4H3,(H,21,24)(H,22,26). The Morgan fingerprint density at radius 1 is 0.893 bits per heavy atom. The largest absolute Gasteiger partial charge is 0.497 e. The zero-order valence-corrected chi connectivity index (χ0v) is 16.2. The molecule has 2 aromatic carbocycles. The van der Waals surface area contributed by atoms with Crippen molar-refractivity contribution < 1.29 is 23.9 Å². The molecule has 2 N–H and O–H groups in total. The number of benzene rings is 2. The molecule has 28 heavy (non-hydrogen) atoms. The first-order chi connectivity index (χ1) is 13.3. The summed E-state index contributed by atoms with van der Waals surface area (Å²) in [6.07, 6.45) is 0. The van der Waals surface area contributed by atoms with Crippen molar-refractivity contribution in [2.24, 2.45) is 0 Å². The summed E-state index contributed by atoms with van der Waals surface area (Å²) in [5.74, 6) is 0.136. The predicted molar refractivity (Wildman–Crippen MR) is 107 cm³/mol. The smallest absolute Gasteiger partial charge is 0.244 e. The minimum Gasteiger partial charge on any atom is -0.497 e. The maximum absolute atomic E-state index is 12.4. The van der Waals surface area contributed by atoms with Crippen molar-refractivity contribution in [2.45, 2.75) is 13.8 Å². The third kappa shape index (κ3) is 5.47. The highest BCUT2D eigenvalue weighted by Gasteiger charge is 2.20. The maximum Gasteiger partial charge on any atom is 0.244 e. The van der Waals surface area contributed by atoms with Crippen molar-refractivity contribution in [3.63, 3.8) is 0 Å². The predicted octanol–water partition coefficient (Wildman–Crippen LogP) is 2.65. The van der Waals surface area contributed by atoms with Gasteiger partial charge in [-0.15, -0.1) is 0 Å². The SMILES string of the molecule is COc1ccc(N(CC(=O)Nc2ccc(NC(C)=O)cc2)C(C)=O)c(OC)c1. The normalized spacial score (nSPS) is 10.0. The molecule has 0 heterocycles. The summed E-state index contributed by atoms with van der Waals surface area (Å²) in [6.45, 7) is 2.60. The molecule has 0 fully saturated rings. The van der Waals surface area contributed by atoms with Gasteiger partial charge in [-0.05, 0) is 36.4 Å². The third-order valence-corrected chi connectivity index (χ3v) is 3.85. The number of amides is 3. The molecule has 0 saturated heterocycles. The van der Waals surface area contributed by atoms with Crippen molar-refractivity contribution in [3.8, 4) is 11.5 Å². The number of hydrogen-bond acceptors (Lipinski definition) is 5. The summed E-state index contributed by atoms with van der Waals surface area (Å²) in [6, 6.07) is 11.7. The van der Waals surface area contributed by atoms with Gasteiger partial charge in [0.25, 0.3) is 0 Å². The number of carbonyl (C=O) groups excluding carboxylic acids is 3. The molecule has 0 spiro atoms. The van der Waals surface area contributed by atoms with Crippen molar-refractivity contribution in [1.29, 1.82) is 0 Å². The first kappa shape index (κ1) is 20.8. The lowest BCUT2D eigenvalue weighted by Gasteiger charge is -2.23. The van der Waals surface area contributed by atoms with Crippen LogP contribution in [0.25, 0.3) is 0 Å². The molecule has 0 aliphatic heterocycles. The topological polar surface area (TPSA) is 97.0 Å². The average Bonchev–Trinajstić information content (AvgIpc) is 2.66. The van der Waals surface area contributed by atoms with E-state index in [0.29, 0.717) is 28.6 Å². The van der Waals surface area contributed by atoms with Gasteiger partial charge >= 0.3 is 0 Å². The second-order valence-electron chi connectivity index (χ2n) is 5.95. The zero-order valence-electron chi connectivity index (χ0n) is 16.2. The summed E-state index contributed by atoms with van der Waals surface area (Å²) in [7, 11) is 3.01. The number of nitrogens with zero attached hydrogens (tertiary/aromatic N) is 1. The van der Waals surface area contributed by atoms with Gasteiger partial charge in [0.15, 0.2) is 0 Å². The fourth-order valence-corrected chi connectivity index (χ4v) is 2.56. The molecule has 0 aromatic heterocycles. The molecule has 8 nitrogen and oxygen atoms in total. The summed E-state index contributed by atoms with van der Waals surface area (Å²) >= 11 is 0. The van der Waals surface area contributed by atoms with Crippen LogP contribution in [0.4, 0.5) is 17.1 Å². The Kier molecular flexibility index (Phi) is 6.97. The van der Waals surface area contributed by atoms with E-state index < -0.39 is 0 Å². The Hall–Kier alpha value is -3.55. The highest BCUT2D eigenvalue weighted by atomic mass is 16.5. The molecule has 3 amide bonds. The van der Waals surface area contributed by atoms with Gasteiger partial charge in [-0.2, -0.15) is 0 Å². The Labute approximate surface area is 163 Å². The second kappa shape index (κ2) is 9.40. The number of anilines is 3. The Morgan fingerprint density at radius 2 is 1.50 bits per heavy atom. The van der Waals surface area contributed by atoms with E-state index in [9.17, 15) is 14.4 Å². The van der Waals surface area contributed by atoms with Crippen LogP contribution >= 0.6 is 0 Å². The fourth-order valence-electron chi connectivity index (χ4n) is 2.56. The van der Waals surface area contributed by atoms with Gasteiger partial charge in [-0.25, -0.2) is 0 Å². The molecule has 8 heteroatoms. The lowest BCUT2D eigenvalue weighted by atomic mass is 10.2. The first-order valence-electron chi connectivity index (χ1n) is 8.51. The third-order valence-electron chi connectivity index (χ3n) is 3.85. The van der Waals surface area contributed by atoms with Crippen LogP contribution in [0.15, 0.2) is 42.5 Å². The van der Waals surface area contributed by atoms with Crippen LogP contribution in [-0.2, 0) is 14.4 Å². The second-order valence-corrected chi connectivity index (χ2v) is 5.95. The van der Waals surface area contributed by atoms with Crippen LogP contribution in [0, 0.1) is 0 Å². The number of nitrogens with one attached hydrogen (secondary N) is 2. The quantitative estimate of drug-likeness (QED) is 0.764. The number of carbonyl (C=O) groups is 3. The van der Waals surface area contributed by atoms with E-state index in [0.717, 1.165) is 0 Å². The van der Waals surface area contributed by atoms with Gasteiger partial charge in [-0.3, -0.25) is 19.3 Å². The molecule has 0 atom stereocenters. The maximum atomic E-state index is 12.4. The molecule has 0 radical (unpaired) electrons. The number of hydrogen-bond donors (Lipinski definition) is 2. The Morgan fingerprint density at radius 3 is 2.00 bits per heavy atom. The Balaban J connectivity index is 2.13. The Bertz CT molecular complexity index is 865. The van der Waals surface area contributed by atoms with E-state index >= 15 is 0 Å². The van der Waals surface area contributed by atoms with Crippen molar-refractivity contribution in [1.82, 2.24) is 0 Å². The molecular weight excluding hydrogens is 362 g/mol. The van der Waals surface area contributed by atoms with Gasteiger partial charge in [0, 0.05) is 31.3 Å². The minimum atomic E-state index is -0.375. The van der Waals surface area contributed by atoms with Crippen molar-refractivity contribution >= 4 is 34.8 Å². The molecular formula is C20H23N3O5. The van der Waals surface area contributed by atoms with E-state index in [1.54, 1.807) is 42.5 Å². The van der Waals surface area contributed by atoms with Crippen LogP contribution in [-0.4, -0.2) is 38.5 Å². The lowest BCUT2D eigenvalue weighted by molar-refractivity contribution is -0.120. The van der Waals surface area contributed by atoms with Crippen LogP contribution in [0.2, 0.25) is 0 Å². The molecule has 148 valence electrons. The van der Waals surface area contributed by atoms with E-state index in [1.165, 1.54) is 33.0 Å². The molecule has 2 rings (SSSR count). The van der Waals surface area contributed by atoms with E-state index in [1.807, 2.05) is 0 Å². The zero-order chi connectivity index (χ0) is 20.7. The van der Waals surface area contributed by atoms with Crippen LogP contribution in [0.5, 0.6) is 11.5 Å². The molecule has 0 unspecified atom stereocenters. The highest BCUT2D eigenvalue weighted by Crippen LogP contribution is 2.32. The number of rotatable bonds is 7. The monoisotopic (exact) mass is 385 g/mol. The summed E-state index contributed by atoms with van der Waals surface area (Å²) in [5.41, 5.74) is 1.63. The number of ether oxygens (including phenoxy) is 2. The van der Waals surface area contributed by atoms with Gasteiger partial charge in [-0.1, -0.05) is 0 Å². The lowest BCUT2D eigenvalue weighted by Crippen LogP contribution is -2.36. The highest BCUT2D eigenvalue weighted by molar-refractivity contribution is 6.02. The van der Waals surface area contributed by atoms with Gasteiger partial charge in [0.2, 0.25) is 17.7 Å². The summed E-state index contributed by atoms with van der Waals surface area (Å²) in [5, 5.41) is 5.37. The first-order valence-corrected chi connectivity index (χ1v) is 8.51. The number of methoxy groups -OCH3 is 2. The minimum absolute atomic E-state index is 0.178. The van der Waals surface area contributed by atoms with Crippen LogP contribution in [0.1, 0.15) is 13.8 Å². The summed E-state index contributed by atoms with van der Waals surface area (Å²) in [4.78, 5) is 36.9. The summed E-state index contributed by atoms with van der Waals surface area (Å²) < 4.78 is 10.5. The van der Waals surface area contributed by atoms with Crippen molar-refractivity contribution in [2.75, 3.05) is 36.3 Å². The van der Waals surface area contributed by atoms with Gasteiger partial charge in [0.05, 0.1) is 19.9 Å². The molecule has 0 aliphatic rings. The fraction of sp³-hybridized carbons (Fsp3) is 0.250. The van der Waals surface area contributed by atoms with E-state index in [-0.39, 0.29) is 24.3 Å². The average molecular weight is 385 g/mol. The van der Waals surface area contributed by atoms with Crippen LogP contribution < -0.4 is 25.0 Å². The molecule has 0 bridgehead atoms. The van der Waals surface area contributed by atoms with E-state index in [4.69, 9.17) is 9.47 Å². The van der Waals surface area contributed by atoms with Crippen LogP contribution in [0.3, 0.4) is 0 Å². The van der Waals surface area contributed by atoms with Gasteiger partial charge < -0.3 is 20.1 Å². The molecule has 0 saturated carbocycles.